The summed E-state index contributed by atoms with van der Waals surface area (Å²) in [6, 6.07) is 5.81. The summed E-state index contributed by atoms with van der Waals surface area (Å²) in [5.74, 6) is -0.268. The summed E-state index contributed by atoms with van der Waals surface area (Å²) in [5.41, 5.74) is -0.835. The van der Waals surface area contributed by atoms with E-state index in [0.29, 0.717) is 9.47 Å². The van der Waals surface area contributed by atoms with E-state index in [1.54, 1.807) is 17.0 Å². The van der Waals surface area contributed by atoms with Gasteiger partial charge in [0.1, 0.15) is 16.4 Å². The number of carbonyl (C=O) groups excluding carboxylic acids is 1. The molecule has 3 aromatic rings. The molecule has 7 nitrogen and oxygen atoms in total. The molecule has 0 unspecified atom stereocenters. The molecular weight excluding hydrogens is 425 g/mol. The van der Waals surface area contributed by atoms with Gasteiger partial charge >= 0.3 is 6.18 Å². The van der Waals surface area contributed by atoms with E-state index in [1.165, 1.54) is 19.2 Å². The van der Waals surface area contributed by atoms with Crippen molar-refractivity contribution in [2.24, 2.45) is 0 Å². The third kappa shape index (κ3) is 4.53. The van der Waals surface area contributed by atoms with Crippen molar-refractivity contribution in [1.29, 1.82) is 0 Å². The molecule has 0 aliphatic heterocycles. The highest BCUT2D eigenvalue weighted by atomic mass is 32.2. The number of rotatable bonds is 5. The molecule has 12 heteroatoms. The van der Waals surface area contributed by atoms with Crippen LogP contribution in [0.2, 0.25) is 0 Å². The number of pyridine rings is 1. The number of alkyl halides is 3. The second-order valence-corrected chi connectivity index (χ2v) is 8.42. The molecule has 0 N–H and O–H groups in total. The Morgan fingerprint density at radius 2 is 2.03 bits per heavy atom. The van der Waals surface area contributed by atoms with E-state index in [0.717, 1.165) is 42.0 Å². The summed E-state index contributed by atoms with van der Waals surface area (Å²) < 4.78 is 40.3. The van der Waals surface area contributed by atoms with Gasteiger partial charge in [0, 0.05) is 25.2 Å². The molecule has 0 bridgehead atoms. The first-order valence-corrected chi connectivity index (χ1v) is 10.1. The average Bonchev–Trinajstić information content (AvgIpc) is 3.40. The zero-order valence-electron chi connectivity index (χ0n) is 14.9. The van der Waals surface area contributed by atoms with Gasteiger partial charge in [-0.2, -0.15) is 13.2 Å². The molecule has 3 aromatic heterocycles. The van der Waals surface area contributed by atoms with Gasteiger partial charge < -0.3 is 0 Å². The SMILES string of the molecule is CC(=O)N(c1nnc(Sc2cc(C(F)(F)F)nc(-c3ccccn3)n2)s1)C1CC1. The van der Waals surface area contributed by atoms with Crippen LogP contribution in [0.1, 0.15) is 25.5 Å². The lowest BCUT2D eigenvalue weighted by atomic mass is 10.3. The summed E-state index contributed by atoms with van der Waals surface area (Å²) in [6.45, 7) is 1.45. The zero-order chi connectivity index (χ0) is 20.6. The third-order valence-electron chi connectivity index (χ3n) is 3.93. The van der Waals surface area contributed by atoms with Crippen LogP contribution in [0.25, 0.3) is 11.5 Å². The van der Waals surface area contributed by atoms with Crippen molar-refractivity contribution in [1.82, 2.24) is 25.1 Å². The minimum Gasteiger partial charge on any atom is -0.284 e. The Kier molecular flexibility index (Phi) is 5.21. The van der Waals surface area contributed by atoms with Gasteiger partial charge in [-0.3, -0.25) is 14.7 Å². The van der Waals surface area contributed by atoms with Crippen molar-refractivity contribution < 1.29 is 18.0 Å². The second-order valence-electron chi connectivity index (χ2n) is 6.20. The molecule has 29 heavy (non-hydrogen) atoms. The lowest BCUT2D eigenvalue weighted by Crippen LogP contribution is -2.30. The molecule has 0 radical (unpaired) electrons. The van der Waals surface area contributed by atoms with Gasteiger partial charge in [-0.05, 0) is 36.7 Å². The molecule has 1 fully saturated rings. The Labute approximate surface area is 171 Å². The van der Waals surface area contributed by atoms with E-state index in [1.807, 2.05) is 0 Å². The Hall–Kier alpha value is -2.60. The topological polar surface area (TPSA) is 84.8 Å². The first-order chi connectivity index (χ1) is 13.8. The molecule has 3 heterocycles. The van der Waals surface area contributed by atoms with Gasteiger partial charge in [0.25, 0.3) is 0 Å². The molecule has 0 atom stereocenters. The Balaban J connectivity index is 1.66. The second kappa shape index (κ2) is 7.67. The largest absolute Gasteiger partial charge is 0.433 e. The smallest absolute Gasteiger partial charge is 0.284 e. The van der Waals surface area contributed by atoms with Crippen LogP contribution in [-0.4, -0.2) is 37.1 Å². The van der Waals surface area contributed by atoms with Crippen LogP contribution >= 0.6 is 23.1 Å². The minimum absolute atomic E-state index is 0.0662. The van der Waals surface area contributed by atoms with E-state index >= 15 is 0 Å². The summed E-state index contributed by atoms with van der Waals surface area (Å²) in [7, 11) is 0. The Morgan fingerprint density at radius 1 is 1.24 bits per heavy atom. The maximum Gasteiger partial charge on any atom is 0.433 e. The quantitative estimate of drug-likeness (QED) is 0.438. The summed E-state index contributed by atoms with van der Waals surface area (Å²) >= 11 is 2.07. The molecule has 1 amide bonds. The number of hydrogen-bond donors (Lipinski definition) is 0. The lowest BCUT2D eigenvalue weighted by molar-refractivity contribution is -0.141. The lowest BCUT2D eigenvalue weighted by Gasteiger charge is -2.15. The van der Waals surface area contributed by atoms with Crippen molar-refractivity contribution in [3.63, 3.8) is 0 Å². The predicted octanol–water partition coefficient (Wildman–Crippen LogP) is 4.08. The number of carbonyl (C=O) groups is 1. The maximum atomic E-state index is 13.3. The van der Waals surface area contributed by atoms with E-state index < -0.39 is 11.9 Å². The fourth-order valence-electron chi connectivity index (χ4n) is 2.54. The van der Waals surface area contributed by atoms with Gasteiger partial charge in [-0.25, -0.2) is 9.97 Å². The number of amides is 1. The molecule has 1 aliphatic carbocycles. The Morgan fingerprint density at radius 3 is 2.66 bits per heavy atom. The van der Waals surface area contributed by atoms with Crippen molar-refractivity contribution >= 4 is 34.1 Å². The van der Waals surface area contributed by atoms with Crippen LogP contribution < -0.4 is 4.90 Å². The van der Waals surface area contributed by atoms with Crippen molar-refractivity contribution in [3.05, 3.63) is 36.2 Å². The molecule has 1 saturated carbocycles. The van der Waals surface area contributed by atoms with Crippen LogP contribution in [-0.2, 0) is 11.0 Å². The van der Waals surface area contributed by atoms with Gasteiger partial charge in [-0.1, -0.05) is 17.4 Å². The fraction of sp³-hybridized carbons (Fsp3) is 0.294. The molecule has 0 saturated heterocycles. The van der Waals surface area contributed by atoms with Crippen LogP contribution in [0.4, 0.5) is 18.3 Å². The van der Waals surface area contributed by atoms with E-state index in [2.05, 4.69) is 25.1 Å². The molecular formula is C17H13F3N6OS2. The first-order valence-electron chi connectivity index (χ1n) is 8.50. The summed E-state index contributed by atoms with van der Waals surface area (Å²) in [4.78, 5) is 25.3. The van der Waals surface area contributed by atoms with Gasteiger partial charge in [-0.15, -0.1) is 10.2 Å². The van der Waals surface area contributed by atoms with Crippen molar-refractivity contribution in [2.45, 2.75) is 41.3 Å². The van der Waals surface area contributed by atoms with Crippen LogP contribution in [0, 0.1) is 0 Å². The van der Waals surface area contributed by atoms with E-state index in [-0.39, 0.29) is 28.5 Å². The Bertz CT molecular complexity index is 1040. The van der Waals surface area contributed by atoms with Crippen LogP contribution in [0.5, 0.6) is 0 Å². The number of hydrogen-bond acceptors (Lipinski definition) is 8. The summed E-state index contributed by atoms with van der Waals surface area (Å²) in [6.07, 6.45) is -1.38. The average molecular weight is 438 g/mol. The molecule has 150 valence electrons. The van der Waals surface area contributed by atoms with E-state index in [4.69, 9.17) is 0 Å². The van der Waals surface area contributed by atoms with Gasteiger partial charge in [0.05, 0.1) is 0 Å². The number of aromatic nitrogens is 5. The summed E-state index contributed by atoms with van der Waals surface area (Å²) in [5, 5.41) is 8.52. The fourth-order valence-corrected chi connectivity index (χ4v) is 4.45. The molecule has 0 aromatic carbocycles. The van der Waals surface area contributed by atoms with Crippen LogP contribution in [0.15, 0.2) is 39.8 Å². The highest BCUT2D eigenvalue weighted by Crippen LogP contribution is 2.39. The highest BCUT2D eigenvalue weighted by molar-refractivity contribution is 8.01. The molecule has 0 spiro atoms. The third-order valence-corrected chi connectivity index (χ3v) is 5.82. The number of anilines is 1. The zero-order valence-corrected chi connectivity index (χ0v) is 16.6. The van der Waals surface area contributed by atoms with Gasteiger partial charge in [0.2, 0.25) is 11.0 Å². The molecule has 4 rings (SSSR count). The van der Waals surface area contributed by atoms with Gasteiger partial charge in [0.15, 0.2) is 10.2 Å². The van der Waals surface area contributed by atoms with Crippen molar-refractivity contribution in [2.75, 3.05) is 4.90 Å². The number of nitrogens with zero attached hydrogens (tertiary/aromatic N) is 6. The monoisotopic (exact) mass is 438 g/mol. The molecule has 1 aliphatic rings. The highest BCUT2D eigenvalue weighted by Gasteiger charge is 2.35. The predicted molar refractivity (Wildman–Crippen MR) is 100 cm³/mol. The standard InChI is InChI=1S/C17H13F3N6OS2/c1-9(27)26(10-5-6-10)15-24-25-16(29-15)28-13-8-12(17(18,19)20)22-14(23-13)11-4-2-3-7-21-11/h2-4,7-8,10H,5-6H2,1H3. The number of halogens is 3. The van der Waals surface area contributed by atoms with E-state index in [9.17, 15) is 18.0 Å². The maximum absolute atomic E-state index is 13.3. The van der Waals surface area contributed by atoms with Crippen molar-refractivity contribution in [3.8, 4) is 11.5 Å². The van der Waals surface area contributed by atoms with Crippen LogP contribution in [0.3, 0.4) is 0 Å². The first kappa shape index (κ1) is 19.7. The normalized spacial score (nSPS) is 14.1. The minimum atomic E-state index is -4.63.